The molecule has 0 aliphatic rings. The van der Waals surface area contributed by atoms with E-state index in [1.807, 2.05) is 26.0 Å². The molecule has 1 amide bonds. The molecule has 1 atom stereocenters. The van der Waals surface area contributed by atoms with Crippen LogP contribution >= 0.6 is 11.6 Å². The Bertz CT molecular complexity index is 1150. The van der Waals surface area contributed by atoms with Crippen LogP contribution < -0.4 is 14.8 Å². The summed E-state index contributed by atoms with van der Waals surface area (Å²) in [4.78, 5) is 12.7. The minimum Gasteiger partial charge on any atom is -0.481 e. The molecule has 0 spiro atoms. The summed E-state index contributed by atoms with van der Waals surface area (Å²) in [6.07, 6.45) is -0.242. The fourth-order valence-electron chi connectivity index (χ4n) is 2.83. The van der Waals surface area contributed by atoms with Crippen LogP contribution in [0.2, 0.25) is 5.02 Å². The number of nitrogens with one attached hydrogen (secondary N) is 2. The number of carbonyl (C=O) groups excluding carboxylic acids is 1. The van der Waals surface area contributed by atoms with Crippen LogP contribution in [0.3, 0.4) is 0 Å². The summed E-state index contributed by atoms with van der Waals surface area (Å²) < 4.78 is 33.6. The Kier molecular flexibility index (Phi) is 7.20. The Morgan fingerprint density at radius 3 is 2.26 bits per heavy atom. The van der Waals surface area contributed by atoms with Crippen molar-refractivity contribution in [2.75, 3.05) is 10.0 Å². The number of ether oxygens (including phenoxy) is 1. The van der Waals surface area contributed by atoms with Gasteiger partial charge in [0.05, 0.1) is 10.6 Å². The van der Waals surface area contributed by atoms with Gasteiger partial charge in [-0.1, -0.05) is 36.7 Å². The third-order valence-electron chi connectivity index (χ3n) is 4.58. The first kappa shape index (κ1) is 22.7. The summed E-state index contributed by atoms with van der Waals surface area (Å²) in [5.41, 5.74) is 1.81. The van der Waals surface area contributed by atoms with Crippen LogP contribution in [0.15, 0.2) is 77.7 Å². The molecule has 0 heterocycles. The number of hydrogen-bond acceptors (Lipinski definition) is 4. The number of sulfonamides is 1. The molecular formula is C23H23ClN2O4S. The molecule has 162 valence electrons. The van der Waals surface area contributed by atoms with Crippen LogP contribution in [-0.2, 0) is 14.8 Å². The van der Waals surface area contributed by atoms with Crippen LogP contribution in [0, 0.1) is 6.92 Å². The van der Waals surface area contributed by atoms with Crippen LogP contribution in [0.5, 0.6) is 5.75 Å². The van der Waals surface area contributed by atoms with Gasteiger partial charge < -0.3 is 10.1 Å². The van der Waals surface area contributed by atoms with Crippen molar-refractivity contribution in [2.45, 2.75) is 31.3 Å². The molecule has 0 bridgehead atoms. The normalized spacial score (nSPS) is 12.1. The van der Waals surface area contributed by atoms with Gasteiger partial charge in [-0.3, -0.25) is 9.52 Å². The maximum atomic E-state index is 12.6. The highest BCUT2D eigenvalue weighted by molar-refractivity contribution is 7.92. The first-order chi connectivity index (χ1) is 14.8. The van der Waals surface area contributed by atoms with Gasteiger partial charge in [-0.2, -0.15) is 0 Å². The quantitative estimate of drug-likeness (QED) is 0.483. The SMILES string of the molecule is CC[C@@H](Oc1ccc(Cl)cc1)C(=O)Nc1ccc(S(=O)(=O)Nc2ccccc2C)cc1. The molecule has 0 fully saturated rings. The second-order valence-corrected chi connectivity index (χ2v) is 9.02. The first-order valence-corrected chi connectivity index (χ1v) is 11.6. The molecule has 8 heteroatoms. The minimum atomic E-state index is -3.74. The van der Waals surface area contributed by atoms with Crippen molar-refractivity contribution in [1.29, 1.82) is 0 Å². The van der Waals surface area contributed by atoms with Crippen LogP contribution in [0.25, 0.3) is 0 Å². The van der Waals surface area contributed by atoms with E-state index in [0.717, 1.165) is 5.56 Å². The molecule has 2 N–H and O–H groups in total. The number of hydrogen-bond donors (Lipinski definition) is 2. The lowest BCUT2D eigenvalue weighted by atomic mass is 10.2. The topological polar surface area (TPSA) is 84.5 Å². The molecule has 0 radical (unpaired) electrons. The Hall–Kier alpha value is -3.03. The van der Waals surface area contributed by atoms with Crippen molar-refractivity contribution in [2.24, 2.45) is 0 Å². The van der Waals surface area contributed by atoms with Crippen molar-refractivity contribution in [3.8, 4) is 5.75 Å². The molecule has 0 aliphatic carbocycles. The highest BCUT2D eigenvalue weighted by Crippen LogP contribution is 2.22. The van der Waals surface area contributed by atoms with E-state index in [0.29, 0.717) is 28.6 Å². The molecule has 0 unspecified atom stereocenters. The Labute approximate surface area is 187 Å². The number of aryl methyl sites for hydroxylation is 1. The predicted octanol–water partition coefficient (Wildman–Crippen LogP) is 5.25. The van der Waals surface area contributed by atoms with Gasteiger partial charge in [0.1, 0.15) is 5.75 Å². The van der Waals surface area contributed by atoms with Gasteiger partial charge in [0.2, 0.25) is 0 Å². The smallest absolute Gasteiger partial charge is 0.265 e. The lowest BCUT2D eigenvalue weighted by Crippen LogP contribution is -2.32. The van der Waals surface area contributed by atoms with E-state index < -0.39 is 16.1 Å². The van der Waals surface area contributed by atoms with Crippen molar-refractivity contribution < 1.29 is 17.9 Å². The Balaban J connectivity index is 1.67. The van der Waals surface area contributed by atoms with Crippen molar-refractivity contribution in [3.05, 3.63) is 83.4 Å². The van der Waals surface area contributed by atoms with Crippen molar-refractivity contribution >= 4 is 38.9 Å². The van der Waals surface area contributed by atoms with E-state index in [1.54, 1.807) is 48.5 Å². The van der Waals surface area contributed by atoms with Crippen molar-refractivity contribution in [1.82, 2.24) is 0 Å². The molecule has 0 aliphatic heterocycles. The highest BCUT2D eigenvalue weighted by Gasteiger charge is 2.20. The number of para-hydroxylation sites is 1. The molecule has 0 aromatic heterocycles. The number of amides is 1. The van der Waals surface area contributed by atoms with Gasteiger partial charge in [-0.15, -0.1) is 0 Å². The fraction of sp³-hybridized carbons (Fsp3) is 0.174. The van der Waals surface area contributed by atoms with E-state index in [2.05, 4.69) is 10.0 Å². The largest absolute Gasteiger partial charge is 0.481 e. The van der Waals surface area contributed by atoms with E-state index in [9.17, 15) is 13.2 Å². The lowest BCUT2D eigenvalue weighted by molar-refractivity contribution is -0.122. The van der Waals surface area contributed by atoms with Gasteiger partial charge in [0.25, 0.3) is 15.9 Å². The summed E-state index contributed by atoms with van der Waals surface area (Å²) in [6.45, 7) is 3.67. The summed E-state index contributed by atoms with van der Waals surface area (Å²) >= 11 is 5.87. The molecule has 31 heavy (non-hydrogen) atoms. The van der Waals surface area contributed by atoms with Gasteiger partial charge in [0.15, 0.2) is 6.10 Å². The zero-order valence-electron chi connectivity index (χ0n) is 17.1. The van der Waals surface area contributed by atoms with Gasteiger partial charge in [-0.25, -0.2) is 8.42 Å². The average Bonchev–Trinajstić information content (AvgIpc) is 2.75. The second kappa shape index (κ2) is 9.85. The van der Waals surface area contributed by atoms with E-state index in [1.165, 1.54) is 12.1 Å². The summed E-state index contributed by atoms with van der Waals surface area (Å²) in [5, 5.41) is 3.34. The van der Waals surface area contributed by atoms with E-state index in [-0.39, 0.29) is 10.8 Å². The maximum Gasteiger partial charge on any atom is 0.265 e. The predicted molar refractivity (Wildman–Crippen MR) is 123 cm³/mol. The molecule has 3 aromatic carbocycles. The summed E-state index contributed by atoms with van der Waals surface area (Å²) in [6, 6.07) is 19.9. The second-order valence-electron chi connectivity index (χ2n) is 6.90. The molecule has 0 saturated carbocycles. The zero-order valence-corrected chi connectivity index (χ0v) is 18.7. The van der Waals surface area contributed by atoms with Gasteiger partial charge in [0, 0.05) is 10.7 Å². The lowest BCUT2D eigenvalue weighted by Gasteiger charge is -2.17. The molecule has 6 nitrogen and oxygen atoms in total. The molecule has 3 rings (SSSR count). The Morgan fingerprint density at radius 2 is 1.65 bits per heavy atom. The minimum absolute atomic E-state index is 0.0956. The molecule has 0 saturated heterocycles. The highest BCUT2D eigenvalue weighted by atomic mass is 35.5. The zero-order chi connectivity index (χ0) is 22.4. The van der Waals surface area contributed by atoms with Crippen LogP contribution in [0.1, 0.15) is 18.9 Å². The summed E-state index contributed by atoms with van der Waals surface area (Å²) in [7, 11) is -3.74. The van der Waals surface area contributed by atoms with Gasteiger partial charge >= 0.3 is 0 Å². The van der Waals surface area contributed by atoms with Gasteiger partial charge in [-0.05, 0) is 73.5 Å². The number of carbonyl (C=O) groups is 1. The molecule has 3 aromatic rings. The maximum absolute atomic E-state index is 12.6. The van der Waals surface area contributed by atoms with E-state index >= 15 is 0 Å². The van der Waals surface area contributed by atoms with Crippen LogP contribution in [-0.4, -0.2) is 20.4 Å². The first-order valence-electron chi connectivity index (χ1n) is 9.70. The van der Waals surface area contributed by atoms with E-state index in [4.69, 9.17) is 16.3 Å². The summed E-state index contributed by atoms with van der Waals surface area (Å²) in [5.74, 6) is 0.209. The van der Waals surface area contributed by atoms with Crippen LogP contribution in [0.4, 0.5) is 11.4 Å². The molecular weight excluding hydrogens is 436 g/mol. The number of benzene rings is 3. The number of halogens is 1. The average molecular weight is 459 g/mol. The third-order valence-corrected chi connectivity index (χ3v) is 6.21. The van der Waals surface area contributed by atoms with Crippen molar-refractivity contribution in [3.63, 3.8) is 0 Å². The number of anilines is 2. The monoisotopic (exact) mass is 458 g/mol. The third kappa shape index (κ3) is 5.99. The Morgan fingerprint density at radius 1 is 1.00 bits per heavy atom. The fourth-order valence-corrected chi connectivity index (χ4v) is 4.09. The number of rotatable bonds is 8. The standard InChI is InChI=1S/C23H23ClN2O4S/c1-3-22(30-19-12-8-17(24)9-13-19)23(27)25-18-10-14-20(15-11-18)31(28,29)26-21-7-5-4-6-16(21)2/h4-15,22,26H,3H2,1-2H3,(H,25,27)/t22-/m1/s1.